The van der Waals surface area contributed by atoms with Crippen LogP contribution in [0.2, 0.25) is 0 Å². The zero-order chi connectivity index (χ0) is 12.9. The number of alkyl halides is 3. The van der Waals surface area contributed by atoms with E-state index in [0.717, 1.165) is 0 Å². The fourth-order valence-electron chi connectivity index (χ4n) is 1.15. The average molecular weight is 264 g/mol. The highest BCUT2D eigenvalue weighted by molar-refractivity contribution is 7.78. The minimum atomic E-state index is -4.50. The zero-order valence-corrected chi connectivity index (χ0v) is 9.55. The number of amides is 1. The van der Waals surface area contributed by atoms with Crippen molar-refractivity contribution in [3.05, 3.63) is 30.3 Å². The van der Waals surface area contributed by atoms with E-state index >= 15 is 0 Å². The van der Waals surface area contributed by atoms with Crippen LogP contribution in [-0.4, -0.2) is 18.1 Å². The number of hydrogen-bond acceptors (Lipinski definition) is 3. The van der Waals surface area contributed by atoms with E-state index in [0.29, 0.717) is 5.69 Å². The predicted molar refractivity (Wildman–Crippen MR) is 61.7 cm³/mol. The smallest absolute Gasteiger partial charge is 0.326 e. The van der Waals surface area contributed by atoms with Gasteiger partial charge in [0.05, 0.1) is 6.42 Å². The Hall–Kier alpha value is -1.21. The van der Waals surface area contributed by atoms with Crippen molar-refractivity contribution in [2.75, 3.05) is 5.32 Å². The molecule has 1 unspecified atom stereocenters. The van der Waals surface area contributed by atoms with Gasteiger partial charge in [-0.1, -0.05) is 31.0 Å². The van der Waals surface area contributed by atoms with Gasteiger partial charge in [0.25, 0.3) is 0 Å². The van der Waals surface area contributed by atoms with Crippen LogP contribution >= 0.6 is 12.8 Å². The number of hydrogen-bond donors (Lipinski definition) is 3. The van der Waals surface area contributed by atoms with Crippen LogP contribution in [0.4, 0.5) is 18.9 Å². The molecular formula is C10H11F3N2OS. The van der Waals surface area contributed by atoms with Crippen LogP contribution in [0.15, 0.2) is 30.3 Å². The maximum absolute atomic E-state index is 12.3. The van der Waals surface area contributed by atoms with Crippen molar-refractivity contribution in [1.82, 2.24) is 4.72 Å². The van der Waals surface area contributed by atoms with E-state index in [4.69, 9.17) is 0 Å². The third kappa shape index (κ3) is 4.66. The predicted octanol–water partition coefficient (Wildman–Crippen LogP) is 2.38. The van der Waals surface area contributed by atoms with E-state index < -0.39 is 24.5 Å². The minimum absolute atomic E-state index is 0.456. The first-order valence-electron chi connectivity index (χ1n) is 4.74. The summed E-state index contributed by atoms with van der Waals surface area (Å²) in [6.07, 6.45) is -5.22. The molecular weight excluding hydrogens is 253 g/mol. The Labute approximate surface area is 102 Å². The van der Waals surface area contributed by atoms with Crippen LogP contribution in [0.1, 0.15) is 6.42 Å². The van der Waals surface area contributed by atoms with Gasteiger partial charge >= 0.3 is 6.18 Å². The number of benzene rings is 1. The first-order chi connectivity index (χ1) is 7.93. The topological polar surface area (TPSA) is 41.1 Å². The first-order valence-corrected chi connectivity index (χ1v) is 5.19. The Morgan fingerprint density at radius 1 is 1.29 bits per heavy atom. The van der Waals surface area contributed by atoms with Gasteiger partial charge in [0.2, 0.25) is 5.91 Å². The Morgan fingerprint density at radius 3 is 2.35 bits per heavy atom. The number of carbonyl (C=O) groups is 1. The summed E-state index contributed by atoms with van der Waals surface area (Å²) in [7, 11) is 0. The Balaban J connectivity index is 2.55. The molecule has 0 fully saturated rings. The molecule has 7 heteroatoms. The molecule has 0 saturated carbocycles. The van der Waals surface area contributed by atoms with E-state index in [1.807, 2.05) is 0 Å². The molecule has 0 aliphatic rings. The SMILES string of the molecule is O=C(CC(NS)C(F)(F)F)Nc1ccccc1. The zero-order valence-electron chi connectivity index (χ0n) is 8.66. The molecule has 2 N–H and O–H groups in total. The van der Waals surface area contributed by atoms with E-state index in [1.165, 1.54) is 0 Å². The van der Waals surface area contributed by atoms with Crippen molar-refractivity contribution in [3.63, 3.8) is 0 Å². The third-order valence-electron chi connectivity index (χ3n) is 2.00. The number of carbonyl (C=O) groups excluding carboxylic acids is 1. The number of anilines is 1. The number of thiol groups is 1. The molecule has 1 rings (SSSR count). The summed E-state index contributed by atoms with van der Waals surface area (Å²) >= 11 is 3.36. The number of halogens is 3. The van der Waals surface area contributed by atoms with Crippen LogP contribution in [-0.2, 0) is 4.79 Å². The summed E-state index contributed by atoms with van der Waals surface area (Å²) in [6.45, 7) is 0. The van der Waals surface area contributed by atoms with Gasteiger partial charge in [-0.25, -0.2) is 0 Å². The Morgan fingerprint density at radius 2 is 1.88 bits per heavy atom. The first kappa shape index (κ1) is 13.9. The summed E-state index contributed by atoms with van der Waals surface area (Å²) in [5.74, 6) is -0.722. The second-order valence-electron chi connectivity index (χ2n) is 3.34. The van der Waals surface area contributed by atoms with E-state index in [1.54, 1.807) is 35.1 Å². The fraction of sp³-hybridized carbons (Fsp3) is 0.300. The summed E-state index contributed by atoms with van der Waals surface area (Å²) in [5, 5.41) is 2.37. The third-order valence-corrected chi connectivity index (χ3v) is 2.31. The van der Waals surface area contributed by atoms with Gasteiger partial charge in [-0.2, -0.15) is 13.2 Å². The fourth-order valence-corrected chi connectivity index (χ4v) is 1.39. The molecule has 0 heterocycles. The highest BCUT2D eigenvalue weighted by Gasteiger charge is 2.40. The summed E-state index contributed by atoms with van der Waals surface area (Å²) in [4.78, 5) is 11.3. The molecule has 1 amide bonds. The second-order valence-corrected chi connectivity index (χ2v) is 3.60. The van der Waals surface area contributed by atoms with Crippen LogP contribution in [0.25, 0.3) is 0 Å². The Bertz CT molecular complexity index is 370. The summed E-state index contributed by atoms with van der Waals surface area (Å²) in [6, 6.07) is 6.31. The molecule has 1 atom stereocenters. The molecule has 0 aliphatic carbocycles. The highest BCUT2D eigenvalue weighted by Crippen LogP contribution is 2.23. The molecule has 3 nitrogen and oxygen atoms in total. The number of nitrogens with one attached hydrogen (secondary N) is 2. The lowest BCUT2D eigenvalue weighted by Crippen LogP contribution is -2.40. The lowest BCUT2D eigenvalue weighted by Gasteiger charge is -2.18. The van der Waals surface area contributed by atoms with E-state index in [2.05, 4.69) is 18.1 Å². The van der Waals surface area contributed by atoms with Crippen molar-refractivity contribution in [1.29, 1.82) is 0 Å². The number of para-hydroxylation sites is 1. The largest absolute Gasteiger partial charge is 0.405 e. The van der Waals surface area contributed by atoms with Gasteiger partial charge in [-0.05, 0) is 12.1 Å². The van der Waals surface area contributed by atoms with Gasteiger partial charge in [-0.15, -0.1) is 0 Å². The molecule has 0 saturated heterocycles. The van der Waals surface area contributed by atoms with Gasteiger partial charge in [-0.3, -0.25) is 9.52 Å². The quantitative estimate of drug-likeness (QED) is 0.731. The van der Waals surface area contributed by atoms with E-state index in [9.17, 15) is 18.0 Å². The van der Waals surface area contributed by atoms with Gasteiger partial charge in [0.15, 0.2) is 0 Å². The monoisotopic (exact) mass is 264 g/mol. The van der Waals surface area contributed by atoms with Gasteiger partial charge in [0, 0.05) is 5.69 Å². The molecule has 0 spiro atoms. The van der Waals surface area contributed by atoms with Gasteiger partial charge < -0.3 is 5.32 Å². The van der Waals surface area contributed by atoms with Crippen LogP contribution in [0.5, 0.6) is 0 Å². The molecule has 0 bridgehead atoms. The average Bonchev–Trinajstić information content (AvgIpc) is 2.25. The molecule has 17 heavy (non-hydrogen) atoms. The molecule has 0 aromatic heterocycles. The summed E-state index contributed by atoms with van der Waals surface area (Å²) in [5.41, 5.74) is 0.456. The highest BCUT2D eigenvalue weighted by atomic mass is 32.1. The van der Waals surface area contributed by atoms with Crippen LogP contribution in [0.3, 0.4) is 0 Å². The van der Waals surface area contributed by atoms with E-state index in [-0.39, 0.29) is 0 Å². The van der Waals surface area contributed by atoms with Crippen molar-refractivity contribution in [2.45, 2.75) is 18.6 Å². The maximum atomic E-state index is 12.3. The Kier molecular flexibility index (Phi) is 4.83. The molecule has 1 aromatic carbocycles. The van der Waals surface area contributed by atoms with Crippen molar-refractivity contribution < 1.29 is 18.0 Å². The normalized spacial score (nSPS) is 13.2. The maximum Gasteiger partial charge on any atom is 0.405 e. The molecule has 94 valence electrons. The second kappa shape index (κ2) is 5.92. The van der Waals surface area contributed by atoms with Crippen LogP contribution < -0.4 is 10.0 Å². The lowest BCUT2D eigenvalue weighted by molar-refractivity contribution is -0.155. The molecule has 0 aliphatic heterocycles. The summed E-state index contributed by atoms with van der Waals surface area (Å²) < 4.78 is 38.8. The molecule has 1 aromatic rings. The number of rotatable bonds is 4. The van der Waals surface area contributed by atoms with Crippen molar-refractivity contribution >= 4 is 24.4 Å². The lowest BCUT2D eigenvalue weighted by atomic mass is 10.2. The van der Waals surface area contributed by atoms with Crippen molar-refractivity contribution in [2.24, 2.45) is 0 Å². The molecule has 0 radical (unpaired) electrons. The van der Waals surface area contributed by atoms with Crippen molar-refractivity contribution in [3.8, 4) is 0 Å². The standard InChI is InChI=1S/C10H11F3N2OS/c11-10(12,13)8(15-17)6-9(16)14-7-4-2-1-3-5-7/h1-5,8,15,17H,6H2,(H,14,16). The minimum Gasteiger partial charge on any atom is -0.326 e. The van der Waals surface area contributed by atoms with Crippen LogP contribution in [0, 0.1) is 0 Å². The van der Waals surface area contributed by atoms with Gasteiger partial charge in [0.1, 0.15) is 6.04 Å².